The third-order valence-electron chi connectivity index (χ3n) is 5.32. The maximum atomic E-state index is 11.6. The van der Waals surface area contributed by atoms with Crippen molar-refractivity contribution in [2.75, 3.05) is 20.1 Å². The van der Waals surface area contributed by atoms with Crippen LogP contribution in [-0.2, 0) is 0 Å². The lowest BCUT2D eigenvalue weighted by Crippen LogP contribution is -2.34. The van der Waals surface area contributed by atoms with Crippen LogP contribution in [0.3, 0.4) is 0 Å². The van der Waals surface area contributed by atoms with Crippen LogP contribution in [0, 0.1) is 0 Å². The fraction of sp³-hybridized carbons (Fsp3) is 0.500. The van der Waals surface area contributed by atoms with E-state index < -0.39 is 0 Å². The maximum Gasteiger partial charge on any atom is 0.251 e. The van der Waals surface area contributed by atoms with Crippen LogP contribution in [0.2, 0.25) is 0 Å². The molecule has 1 saturated carbocycles. The van der Waals surface area contributed by atoms with Gasteiger partial charge in [-0.15, -0.1) is 0 Å². The SMILES string of the molecule is CNC(=O)c1ccc(N=CC2=C(N)CCN(C3CCCC3)CC2)cc1. The average molecular weight is 340 g/mol. The smallest absolute Gasteiger partial charge is 0.251 e. The summed E-state index contributed by atoms with van der Waals surface area (Å²) < 4.78 is 0. The molecule has 25 heavy (non-hydrogen) atoms. The summed E-state index contributed by atoms with van der Waals surface area (Å²) in [6, 6.07) is 8.05. The van der Waals surface area contributed by atoms with Crippen LogP contribution < -0.4 is 11.1 Å². The number of aliphatic imine (C=N–C) groups is 1. The molecule has 1 fully saturated rings. The fourth-order valence-corrected chi connectivity index (χ4v) is 3.74. The van der Waals surface area contributed by atoms with E-state index in [0.29, 0.717) is 5.56 Å². The molecule has 1 aromatic rings. The van der Waals surface area contributed by atoms with Gasteiger partial charge in [-0.3, -0.25) is 14.7 Å². The number of benzene rings is 1. The normalized spacial score (nSPS) is 20.2. The summed E-state index contributed by atoms with van der Waals surface area (Å²) in [5.41, 5.74) is 9.89. The van der Waals surface area contributed by atoms with Crippen molar-refractivity contribution < 1.29 is 4.79 Å². The number of nitrogens with one attached hydrogen (secondary N) is 1. The Bertz CT molecular complexity index is 657. The molecule has 0 radical (unpaired) electrons. The number of rotatable bonds is 4. The summed E-state index contributed by atoms with van der Waals surface area (Å²) in [4.78, 5) is 18.7. The van der Waals surface area contributed by atoms with E-state index in [1.165, 1.54) is 25.7 Å². The van der Waals surface area contributed by atoms with Gasteiger partial charge in [0.25, 0.3) is 5.91 Å². The van der Waals surface area contributed by atoms with E-state index in [4.69, 9.17) is 5.73 Å². The number of nitrogens with zero attached hydrogens (tertiary/aromatic N) is 2. The first kappa shape index (κ1) is 17.7. The molecule has 134 valence electrons. The molecule has 5 heteroatoms. The van der Waals surface area contributed by atoms with Gasteiger partial charge in [0.05, 0.1) is 5.69 Å². The van der Waals surface area contributed by atoms with Crippen molar-refractivity contribution in [1.82, 2.24) is 10.2 Å². The van der Waals surface area contributed by atoms with Crippen LogP contribution in [0.5, 0.6) is 0 Å². The Balaban J connectivity index is 1.62. The second-order valence-corrected chi connectivity index (χ2v) is 6.91. The zero-order valence-electron chi connectivity index (χ0n) is 15.0. The zero-order chi connectivity index (χ0) is 17.6. The molecular formula is C20H28N4O. The lowest BCUT2D eigenvalue weighted by atomic mass is 10.1. The summed E-state index contributed by atoms with van der Waals surface area (Å²) in [6.45, 7) is 2.14. The van der Waals surface area contributed by atoms with Crippen molar-refractivity contribution in [2.45, 2.75) is 44.6 Å². The second-order valence-electron chi connectivity index (χ2n) is 6.91. The summed E-state index contributed by atoms with van der Waals surface area (Å²) in [6.07, 6.45) is 9.19. The van der Waals surface area contributed by atoms with Crippen molar-refractivity contribution >= 4 is 17.8 Å². The highest BCUT2D eigenvalue weighted by Gasteiger charge is 2.24. The Morgan fingerprint density at radius 3 is 2.56 bits per heavy atom. The van der Waals surface area contributed by atoms with Gasteiger partial charge in [-0.25, -0.2) is 0 Å². The summed E-state index contributed by atoms with van der Waals surface area (Å²) >= 11 is 0. The number of hydrogen-bond acceptors (Lipinski definition) is 4. The van der Waals surface area contributed by atoms with Crippen molar-refractivity contribution in [1.29, 1.82) is 0 Å². The van der Waals surface area contributed by atoms with Crippen LogP contribution in [0.25, 0.3) is 0 Å². The molecule has 1 heterocycles. The first-order valence-corrected chi connectivity index (χ1v) is 9.25. The van der Waals surface area contributed by atoms with Gasteiger partial charge in [-0.2, -0.15) is 0 Å². The zero-order valence-corrected chi connectivity index (χ0v) is 15.0. The highest BCUT2D eigenvalue weighted by molar-refractivity contribution is 5.94. The number of amides is 1. The molecule has 2 aliphatic rings. The standard InChI is InChI=1S/C20H28N4O/c1-22-20(25)15-6-8-17(9-7-15)23-14-16-10-12-24(13-11-19(16)21)18-4-2-3-5-18/h6-9,14,18H,2-5,10-13,21H2,1H3,(H,22,25). The molecule has 3 rings (SSSR count). The quantitative estimate of drug-likeness (QED) is 0.828. The van der Waals surface area contributed by atoms with Crippen LogP contribution in [0.15, 0.2) is 40.5 Å². The van der Waals surface area contributed by atoms with E-state index in [1.807, 2.05) is 18.3 Å². The summed E-state index contributed by atoms with van der Waals surface area (Å²) in [5.74, 6) is -0.0849. The monoisotopic (exact) mass is 340 g/mol. The van der Waals surface area contributed by atoms with Crippen molar-refractivity contribution in [2.24, 2.45) is 10.7 Å². The van der Waals surface area contributed by atoms with Crippen molar-refractivity contribution in [3.05, 3.63) is 41.1 Å². The minimum absolute atomic E-state index is 0.0849. The van der Waals surface area contributed by atoms with Crippen LogP contribution in [0.1, 0.15) is 48.9 Å². The fourth-order valence-electron chi connectivity index (χ4n) is 3.74. The highest BCUT2D eigenvalue weighted by Crippen LogP contribution is 2.26. The first-order chi connectivity index (χ1) is 12.2. The van der Waals surface area contributed by atoms with E-state index in [9.17, 15) is 4.79 Å². The minimum atomic E-state index is -0.0849. The largest absolute Gasteiger partial charge is 0.402 e. The minimum Gasteiger partial charge on any atom is -0.402 e. The molecule has 1 amide bonds. The first-order valence-electron chi connectivity index (χ1n) is 9.25. The average Bonchev–Trinajstić information content (AvgIpc) is 3.11. The molecule has 3 N–H and O–H groups in total. The van der Waals surface area contributed by atoms with E-state index in [-0.39, 0.29) is 5.91 Å². The molecule has 1 aliphatic heterocycles. The van der Waals surface area contributed by atoms with E-state index in [1.54, 1.807) is 19.2 Å². The van der Waals surface area contributed by atoms with Gasteiger partial charge in [0.1, 0.15) is 0 Å². The Kier molecular flexibility index (Phi) is 5.87. The molecule has 0 unspecified atom stereocenters. The molecule has 0 atom stereocenters. The predicted molar refractivity (Wildman–Crippen MR) is 102 cm³/mol. The molecular weight excluding hydrogens is 312 g/mol. The lowest BCUT2D eigenvalue weighted by Gasteiger charge is -2.27. The molecule has 0 aromatic heterocycles. The molecule has 0 saturated heterocycles. The van der Waals surface area contributed by atoms with Gasteiger partial charge in [-0.1, -0.05) is 12.8 Å². The van der Waals surface area contributed by atoms with Crippen molar-refractivity contribution in [3.63, 3.8) is 0 Å². The van der Waals surface area contributed by atoms with Gasteiger partial charge in [0.2, 0.25) is 0 Å². The van der Waals surface area contributed by atoms with E-state index in [2.05, 4.69) is 15.2 Å². The molecule has 0 bridgehead atoms. The van der Waals surface area contributed by atoms with Gasteiger partial charge >= 0.3 is 0 Å². The second kappa shape index (κ2) is 8.30. The number of carbonyl (C=O) groups excluding carboxylic acids is 1. The van der Waals surface area contributed by atoms with Gasteiger partial charge in [-0.05, 0) is 55.5 Å². The Morgan fingerprint density at radius 1 is 1.20 bits per heavy atom. The third kappa shape index (κ3) is 4.48. The summed E-state index contributed by atoms with van der Waals surface area (Å²) in [5, 5.41) is 2.62. The highest BCUT2D eigenvalue weighted by atomic mass is 16.1. The Hall–Kier alpha value is -2.14. The number of carbonyl (C=O) groups is 1. The Morgan fingerprint density at radius 2 is 1.88 bits per heavy atom. The lowest BCUT2D eigenvalue weighted by molar-refractivity contribution is 0.0963. The molecule has 1 aliphatic carbocycles. The van der Waals surface area contributed by atoms with Crippen LogP contribution in [0.4, 0.5) is 5.69 Å². The predicted octanol–water partition coefficient (Wildman–Crippen LogP) is 3.00. The van der Waals surface area contributed by atoms with Crippen LogP contribution in [-0.4, -0.2) is 43.2 Å². The maximum absolute atomic E-state index is 11.6. The van der Waals surface area contributed by atoms with Crippen molar-refractivity contribution in [3.8, 4) is 0 Å². The molecule has 0 spiro atoms. The van der Waals surface area contributed by atoms with E-state index >= 15 is 0 Å². The Labute approximate surface area is 150 Å². The summed E-state index contributed by atoms with van der Waals surface area (Å²) in [7, 11) is 1.63. The number of hydrogen-bond donors (Lipinski definition) is 2. The third-order valence-corrected chi connectivity index (χ3v) is 5.32. The molecule has 1 aromatic carbocycles. The van der Waals surface area contributed by atoms with Crippen LogP contribution >= 0.6 is 0 Å². The van der Waals surface area contributed by atoms with Gasteiger partial charge in [0.15, 0.2) is 0 Å². The van der Waals surface area contributed by atoms with Gasteiger partial charge in [0, 0.05) is 43.7 Å². The van der Waals surface area contributed by atoms with E-state index in [0.717, 1.165) is 48.9 Å². The number of nitrogens with two attached hydrogens (primary N) is 1. The van der Waals surface area contributed by atoms with Gasteiger partial charge < -0.3 is 11.1 Å². The topological polar surface area (TPSA) is 70.7 Å². The molecule has 5 nitrogen and oxygen atoms in total.